The van der Waals surface area contributed by atoms with Gasteiger partial charge in [0.2, 0.25) is 0 Å². The Labute approximate surface area is 153 Å². The maximum atomic E-state index is 12.8. The summed E-state index contributed by atoms with van der Waals surface area (Å²) in [7, 11) is 1.34. The molecule has 5 nitrogen and oxygen atoms in total. The number of carbonyl (C=O) groups is 2. The lowest BCUT2D eigenvalue weighted by molar-refractivity contribution is -0.145. The molecule has 0 radical (unpaired) electrons. The van der Waals surface area contributed by atoms with Crippen molar-refractivity contribution < 1.29 is 19.1 Å². The zero-order valence-electron chi connectivity index (χ0n) is 15.1. The fourth-order valence-corrected chi connectivity index (χ4v) is 3.34. The molecule has 0 spiro atoms. The van der Waals surface area contributed by atoms with Crippen molar-refractivity contribution in [1.82, 2.24) is 4.90 Å². The van der Waals surface area contributed by atoms with Crippen LogP contribution in [0.4, 0.5) is 4.79 Å². The second-order valence-electron chi connectivity index (χ2n) is 6.49. The highest BCUT2D eigenvalue weighted by Gasteiger charge is 2.43. The molecule has 2 aromatic rings. The van der Waals surface area contributed by atoms with Crippen LogP contribution >= 0.6 is 0 Å². The molecule has 1 aliphatic heterocycles. The van der Waals surface area contributed by atoms with Crippen molar-refractivity contribution in [1.29, 1.82) is 0 Å². The minimum absolute atomic E-state index is 0.171. The molecule has 0 N–H and O–H groups in total. The lowest BCUT2D eigenvalue weighted by Crippen LogP contribution is -2.42. The normalized spacial score (nSPS) is 19.2. The summed E-state index contributed by atoms with van der Waals surface area (Å²) in [5.74, 6) is -0.406. The van der Waals surface area contributed by atoms with Gasteiger partial charge in [0.05, 0.1) is 13.2 Å². The average Bonchev–Trinajstić information content (AvgIpc) is 3.12. The molecule has 136 valence electrons. The van der Waals surface area contributed by atoms with E-state index in [-0.39, 0.29) is 12.6 Å². The van der Waals surface area contributed by atoms with Gasteiger partial charge in [0.15, 0.2) is 0 Å². The van der Waals surface area contributed by atoms with Crippen LogP contribution in [0.15, 0.2) is 54.6 Å². The summed E-state index contributed by atoms with van der Waals surface area (Å²) in [6.45, 7) is 2.19. The van der Waals surface area contributed by atoms with Gasteiger partial charge in [-0.15, -0.1) is 0 Å². The molecule has 3 rings (SSSR count). The standard InChI is InChI=1S/C21H23NO4/c1-15-8-10-17(11-9-15)18-12-13-19(20(23)25-2)22(18)21(24)26-14-16-6-4-3-5-7-16/h3-11,18-19H,12-14H2,1-2H3/t18-,19+/m1/s1. The van der Waals surface area contributed by atoms with Gasteiger partial charge in [-0.05, 0) is 30.9 Å². The number of carbonyl (C=O) groups excluding carboxylic acids is 2. The molecule has 2 atom stereocenters. The molecule has 1 heterocycles. The molecule has 5 heteroatoms. The van der Waals surface area contributed by atoms with E-state index >= 15 is 0 Å². The number of hydrogen-bond acceptors (Lipinski definition) is 4. The largest absolute Gasteiger partial charge is 0.467 e. The number of ether oxygens (including phenoxy) is 2. The summed E-state index contributed by atoms with van der Waals surface area (Å²) < 4.78 is 10.4. The zero-order chi connectivity index (χ0) is 18.5. The third kappa shape index (κ3) is 3.87. The number of hydrogen-bond donors (Lipinski definition) is 0. The first-order valence-electron chi connectivity index (χ1n) is 8.73. The molecular weight excluding hydrogens is 330 g/mol. The minimum Gasteiger partial charge on any atom is -0.467 e. The van der Waals surface area contributed by atoms with Crippen LogP contribution in [0.25, 0.3) is 0 Å². The molecule has 1 amide bonds. The number of likely N-dealkylation sites (tertiary alicyclic amines) is 1. The summed E-state index contributed by atoms with van der Waals surface area (Å²) >= 11 is 0. The Morgan fingerprint density at radius 2 is 1.73 bits per heavy atom. The van der Waals surface area contributed by atoms with Crippen LogP contribution in [0.2, 0.25) is 0 Å². The van der Waals surface area contributed by atoms with Crippen molar-refractivity contribution in [3.8, 4) is 0 Å². The number of aryl methyl sites for hydroxylation is 1. The van der Waals surface area contributed by atoms with E-state index in [1.165, 1.54) is 12.0 Å². The molecule has 0 unspecified atom stereocenters. The Balaban J connectivity index is 1.79. The molecule has 0 saturated carbocycles. The quantitative estimate of drug-likeness (QED) is 0.779. The Morgan fingerprint density at radius 3 is 2.38 bits per heavy atom. The van der Waals surface area contributed by atoms with Crippen LogP contribution in [0.1, 0.15) is 35.6 Å². The van der Waals surface area contributed by atoms with Gasteiger partial charge in [-0.2, -0.15) is 0 Å². The third-order valence-corrected chi connectivity index (χ3v) is 4.74. The van der Waals surface area contributed by atoms with Crippen LogP contribution in [0.3, 0.4) is 0 Å². The summed E-state index contributed by atoms with van der Waals surface area (Å²) in [5.41, 5.74) is 3.05. The molecular formula is C21H23NO4. The minimum atomic E-state index is -0.616. The zero-order valence-corrected chi connectivity index (χ0v) is 15.1. The fourth-order valence-electron chi connectivity index (χ4n) is 3.34. The second-order valence-corrected chi connectivity index (χ2v) is 6.49. The Bertz CT molecular complexity index is 757. The lowest BCUT2D eigenvalue weighted by Gasteiger charge is -2.28. The van der Waals surface area contributed by atoms with Gasteiger partial charge >= 0.3 is 12.1 Å². The van der Waals surface area contributed by atoms with E-state index in [1.807, 2.05) is 61.5 Å². The van der Waals surface area contributed by atoms with Crippen molar-refractivity contribution >= 4 is 12.1 Å². The van der Waals surface area contributed by atoms with E-state index in [0.29, 0.717) is 12.8 Å². The average molecular weight is 353 g/mol. The van der Waals surface area contributed by atoms with Gasteiger partial charge in [-0.25, -0.2) is 9.59 Å². The highest BCUT2D eigenvalue weighted by Crippen LogP contribution is 2.37. The maximum absolute atomic E-state index is 12.8. The highest BCUT2D eigenvalue weighted by atomic mass is 16.6. The summed E-state index contributed by atoms with van der Waals surface area (Å²) in [5, 5.41) is 0. The molecule has 26 heavy (non-hydrogen) atoms. The number of amides is 1. The van der Waals surface area contributed by atoms with Crippen LogP contribution in [0, 0.1) is 6.92 Å². The maximum Gasteiger partial charge on any atom is 0.411 e. The van der Waals surface area contributed by atoms with Gasteiger partial charge in [-0.1, -0.05) is 60.2 Å². The third-order valence-electron chi connectivity index (χ3n) is 4.74. The van der Waals surface area contributed by atoms with Gasteiger partial charge < -0.3 is 9.47 Å². The van der Waals surface area contributed by atoms with E-state index < -0.39 is 18.1 Å². The number of esters is 1. The lowest BCUT2D eigenvalue weighted by atomic mass is 10.0. The van der Waals surface area contributed by atoms with Gasteiger partial charge in [0.1, 0.15) is 12.6 Å². The Kier molecular flexibility index (Phi) is 5.56. The van der Waals surface area contributed by atoms with Gasteiger partial charge in [-0.3, -0.25) is 4.90 Å². The second kappa shape index (κ2) is 8.04. The van der Waals surface area contributed by atoms with Gasteiger partial charge in [0, 0.05) is 0 Å². The number of methoxy groups -OCH3 is 1. The molecule has 1 saturated heterocycles. The molecule has 0 bridgehead atoms. The Hall–Kier alpha value is -2.82. The van der Waals surface area contributed by atoms with Crippen LogP contribution in [-0.2, 0) is 20.9 Å². The van der Waals surface area contributed by atoms with E-state index in [9.17, 15) is 9.59 Å². The summed E-state index contributed by atoms with van der Waals surface area (Å²) in [4.78, 5) is 26.5. The highest BCUT2D eigenvalue weighted by molar-refractivity contribution is 5.82. The van der Waals surface area contributed by atoms with Crippen LogP contribution in [-0.4, -0.2) is 30.1 Å². The van der Waals surface area contributed by atoms with Crippen molar-refractivity contribution in [2.75, 3.05) is 7.11 Å². The number of benzene rings is 2. The number of nitrogens with zero attached hydrogens (tertiary/aromatic N) is 1. The first-order valence-corrected chi connectivity index (χ1v) is 8.73. The van der Waals surface area contributed by atoms with Crippen LogP contribution < -0.4 is 0 Å². The van der Waals surface area contributed by atoms with Crippen molar-refractivity contribution in [2.45, 2.75) is 38.5 Å². The molecule has 0 aliphatic carbocycles. The fraction of sp³-hybridized carbons (Fsp3) is 0.333. The van der Waals surface area contributed by atoms with E-state index in [2.05, 4.69) is 0 Å². The van der Waals surface area contributed by atoms with Crippen LogP contribution in [0.5, 0.6) is 0 Å². The first-order chi connectivity index (χ1) is 12.6. The van der Waals surface area contributed by atoms with E-state index in [4.69, 9.17) is 9.47 Å². The Morgan fingerprint density at radius 1 is 1.04 bits per heavy atom. The molecule has 2 aromatic carbocycles. The molecule has 1 aliphatic rings. The van der Waals surface area contributed by atoms with E-state index in [0.717, 1.165) is 16.7 Å². The predicted molar refractivity (Wildman–Crippen MR) is 97.4 cm³/mol. The van der Waals surface area contributed by atoms with Crippen molar-refractivity contribution in [3.63, 3.8) is 0 Å². The number of rotatable bonds is 4. The first kappa shape index (κ1) is 18.0. The van der Waals surface area contributed by atoms with E-state index in [1.54, 1.807) is 0 Å². The topological polar surface area (TPSA) is 55.8 Å². The van der Waals surface area contributed by atoms with Gasteiger partial charge in [0.25, 0.3) is 0 Å². The smallest absolute Gasteiger partial charge is 0.411 e. The SMILES string of the molecule is COC(=O)[C@@H]1CC[C@H](c2ccc(C)cc2)N1C(=O)OCc1ccccc1. The molecule has 0 aromatic heterocycles. The summed E-state index contributed by atoms with van der Waals surface area (Å²) in [6, 6.07) is 16.7. The van der Waals surface area contributed by atoms with Crippen molar-refractivity contribution in [2.24, 2.45) is 0 Å². The van der Waals surface area contributed by atoms with Crippen molar-refractivity contribution in [3.05, 3.63) is 71.3 Å². The molecule has 1 fully saturated rings. The monoisotopic (exact) mass is 353 g/mol. The summed E-state index contributed by atoms with van der Waals surface area (Å²) in [6.07, 6.45) is 0.766. The predicted octanol–water partition coefficient (Wildman–Crippen LogP) is 4.01.